The van der Waals surface area contributed by atoms with Crippen molar-refractivity contribution in [2.75, 3.05) is 13.2 Å². The van der Waals surface area contributed by atoms with Crippen molar-refractivity contribution < 1.29 is 14.3 Å². The molecule has 1 aliphatic carbocycles. The number of benzene rings is 1. The molecule has 0 aromatic heterocycles. The SMILES string of the molecule is CC(NC(=O)C1CCC(N)C1)c1ccc2c(c1)OCCO2.Cl. The van der Waals surface area contributed by atoms with Gasteiger partial charge in [0.15, 0.2) is 11.5 Å². The van der Waals surface area contributed by atoms with Gasteiger partial charge in [0.25, 0.3) is 0 Å². The monoisotopic (exact) mass is 326 g/mol. The third-order valence-electron chi connectivity index (χ3n) is 4.27. The summed E-state index contributed by atoms with van der Waals surface area (Å²) < 4.78 is 11.1. The van der Waals surface area contributed by atoms with Gasteiger partial charge < -0.3 is 20.5 Å². The third kappa shape index (κ3) is 3.65. The first-order chi connectivity index (χ1) is 10.1. The Morgan fingerprint density at radius 1 is 1.27 bits per heavy atom. The number of rotatable bonds is 3. The molecule has 3 unspecified atom stereocenters. The van der Waals surface area contributed by atoms with Crippen LogP contribution in [0.1, 0.15) is 37.8 Å². The second-order valence-electron chi connectivity index (χ2n) is 5.90. The zero-order valence-corrected chi connectivity index (χ0v) is 13.5. The number of nitrogens with one attached hydrogen (secondary N) is 1. The van der Waals surface area contributed by atoms with Gasteiger partial charge in [-0.05, 0) is 43.9 Å². The molecular formula is C16H23ClN2O3. The van der Waals surface area contributed by atoms with E-state index in [2.05, 4.69) is 5.32 Å². The number of carbonyl (C=O) groups is 1. The van der Waals surface area contributed by atoms with Crippen molar-refractivity contribution in [1.82, 2.24) is 5.32 Å². The fraction of sp³-hybridized carbons (Fsp3) is 0.562. The first-order valence-corrected chi connectivity index (χ1v) is 7.59. The summed E-state index contributed by atoms with van der Waals surface area (Å²) in [6.45, 7) is 3.13. The summed E-state index contributed by atoms with van der Waals surface area (Å²) in [7, 11) is 0. The molecule has 1 amide bonds. The fourth-order valence-electron chi connectivity index (χ4n) is 3.00. The van der Waals surface area contributed by atoms with Crippen LogP contribution in [0, 0.1) is 5.92 Å². The predicted octanol–water partition coefficient (Wildman–Crippen LogP) is 2.18. The van der Waals surface area contributed by atoms with E-state index in [1.54, 1.807) is 0 Å². The molecule has 1 aliphatic heterocycles. The molecule has 0 bridgehead atoms. The molecule has 5 nitrogen and oxygen atoms in total. The quantitative estimate of drug-likeness (QED) is 0.893. The van der Waals surface area contributed by atoms with Crippen molar-refractivity contribution in [3.63, 3.8) is 0 Å². The van der Waals surface area contributed by atoms with Gasteiger partial charge in [-0.1, -0.05) is 6.07 Å². The minimum Gasteiger partial charge on any atom is -0.486 e. The lowest BCUT2D eigenvalue weighted by Gasteiger charge is -2.22. The van der Waals surface area contributed by atoms with E-state index in [9.17, 15) is 4.79 Å². The number of halogens is 1. The smallest absolute Gasteiger partial charge is 0.223 e. The Kier molecular flexibility index (Phi) is 5.53. The first-order valence-electron chi connectivity index (χ1n) is 7.59. The van der Waals surface area contributed by atoms with E-state index < -0.39 is 0 Å². The lowest BCUT2D eigenvalue weighted by molar-refractivity contribution is -0.125. The summed E-state index contributed by atoms with van der Waals surface area (Å²) in [5.41, 5.74) is 6.89. The molecule has 122 valence electrons. The summed E-state index contributed by atoms with van der Waals surface area (Å²) in [5.74, 6) is 1.68. The van der Waals surface area contributed by atoms with E-state index in [1.165, 1.54) is 0 Å². The van der Waals surface area contributed by atoms with Gasteiger partial charge in [-0.15, -0.1) is 12.4 Å². The molecule has 0 radical (unpaired) electrons. The average molecular weight is 327 g/mol. The van der Waals surface area contributed by atoms with Crippen LogP contribution >= 0.6 is 12.4 Å². The highest BCUT2D eigenvalue weighted by atomic mass is 35.5. The van der Waals surface area contributed by atoms with E-state index in [4.69, 9.17) is 15.2 Å². The van der Waals surface area contributed by atoms with Crippen molar-refractivity contribution in [1.29, 1.82) is 0 Å². The molecular weight excluding hydrogens is 304 g/mol. The largest absolute Gasteiger partial charge is 0.486 e. The maximum absolute atomic E-state index is 12.2. The van der Waals surface area contributed by atoms with Crippen molar-refractivity contribution in [3.05, 3.63) is 23.8 Å². The van der Waals surface area contributed by atoms with Crippen molar-refractivity contribution >= 4 is 18.3 Å². The number of hydrogen-bond donors (Lipinski definition) is 2. The maximum Gasteiger partial charge on any atom is 0.223 e. The van der Waals surface area contributed by atoms with Crippen LogP contribution < -0.4 is 20.5 Å². The van der Waals surface area contributed by atoms with Gasteiger partial charge in [-0.25, -0.2) is 0 Å². The predicted molar refractivity (Wildman–Crippen MR) is 86.6 cm³/mol. The normalized spacial score (nSPS) is 24.3. The van der Waals surface area contributed by atoms with Crippen LogP contribution in [0.25, 0.3) is 0 Å². The molecule has 3 atom stereocenters. The highest BCUT2D eigenvalue weighted by molar-refractivity contribution is 5.85. The molecule has 22 heavy (non-hydrogen) atoms. The molecule has 6 heteroatoms. The lowest BCUT2D eigenvalue weighted by Crippen LogP contribution is -2.32. The molecule has 1 saturated carbocycles. The summed E-state index contributed by atoms with van der Waals surface area (Å²) in [4.78, 5) is 12.2. The van der Waals surface area contributed by atoms with Crippen LogP contribution in [0.3, 0.4) is 0 Å². The van der Waals surface area contributed by atoms with Gasteiger partial charge in [-0.3, -0.25) is 4.79 Å². The Labute approximate surface area is 137 Å². The van der Waals surface area contributed by atoms with Crippen LogP contribution in [-0.2, 0) is 4.79 Å². The third-order valence-corrected chi connectivity index (χ3v) is 4.27. The van der Waals surface area contributed by atoms with Gasteiger partial charge in [0.05, 0.1) is 6.04 Å². The summed E-state index contributed by atoms with van der Waals surface area (Å²) in [5, 5.41) is 3.07. The molecule has 1 aromatic carbocycles. The molecule has 1 aromatic rings. The minimum atomic E-state index is -0.0508. The van der Waals surface area contributed by atoms with Crippen molar-refractivity contribution in [3.8, 4) is 11.5 Å². The number of amides is 1. The van der Waals surface area contributed by atoms with Crippen LogP contribution in [0.2, 0.25) is 0 Å². The molecule has 3 N–H and O–H groups in total. The Hall–Kier alpha value is -1.46. The summed E-state index contributed by atoms with van der Waals surface area (Å²) in [6.07, 6.45) is 2.62. The van der Waals surface area contributed by atoms with Gasteiger partial charge in [-0.2, -0.15) is 0 Å². The van der Waals surface area contributed by atoms with Crippen LogP contribution in [0.15, 0.2) is 18.2 Å². The Morgan fingerprint density at radius 3 is 2.68 bits per heavy atom. The maximum atomic E-state index is 12.2. The molecule has 2 aliphatic rings. The lowest BCUT2D eigenvalue weighted by atomic mass is 10.0. The van der Waals surface area contributed by atoms with Crippen molar-refractivity contribution in [2.24, 2.45) is 11.7 Å². The zero-order chi connectivity index (χ0) is 14.8. The van der Waals surface area contributed by atoms with E-state index in [1.807, 2.05) is 25.1 Å². The second kappa shape index (κ2) is 7.20. The molecule has 1 heterocycles. The second-order valence-corrected chi connectivity index (χ2v) is 5.90. The van der Waals surface area contributed by atoms with E-state index in [-0.39, 0.29) is 36.3 Å². The topological polar surface area (TPSA) is 73.6 Å². The summed E-state index contributed by atoms with van der Waals surface area (Å²) >= 11 is 0. The van der Waals surface area contributed by atoms with Crippen molar-refractivity contribution in [2.45, 2.75) is 38.3 Å². The van der Waals surface area contributed by atoms with E-state index in [0.717, 1.165) is 36.3 Å². The Bertz CT molecular complexity index is 538. The molecule has 0 spiro atoms. The van der Waals surface area contributed by atoms with E-state index in [0.29, 0.717) is 13.2 Å². The Balaban J connectivity index is 0.00000176. The van der Waals surface area contributed by atoms with Gasteiger partial charge in [0, 0.05) is 12.0 Å². The van der Waals surface area contributed by atoms with Crippen LogP contribution in [-0.4, -0.2) is 25.2 Å². The molecule has 0 saturated heterocycles. The highest BCUT2D eigenvalue weighted by Gasteiger charge is 2.28. The van der Waals surface area contributed by atoms with Crippen LogP contribution in [0.5, 0.6) is 11.5 Å². The Morgan fingerprint density at radius 2 is 2.00 bits per heavy atom. The molecule has 3 rings (SSSR count). The number of ether oxygens (including phenoxy) is 2. The molecule has 1 fully saturated rings. The van der Waals surface area contributed by atoms with Gasteiger partial charge >= 0.3 is 0 Å². The first kappa shape index (κ1) is 16.9. The highest BCUT2D eigenvalue weighted by Crippen LogP contribution is 2.33. The number of hydrogen-bond acceptors (Lipinski definition) is 4. The average Bonchev–Trinajstić information content (AvgIpc) is 2.93. The fourth-order valence-corrected chi connectivity index (χ4v) is 3.00. The van der Waals surface area contributed by atoms with Crippen LogP contribution in [0.4, 0.5) is 0 Å². The standard InChI is InChI=1S/C16H22N2O3.ClH/c1-10(18-16(19)12-2-4-13(17)8-12)11-3-5-14-15(9-11)21-7-6-20-14;/h3,5,9-10,12-13H,2,4,6-8,17H2,1H3,(H,18,19);1H. The van der Waals surface area contributed by atoms with E-state index >= 15 is 0 Å². The number of fused-ring (bicyclic) bond motifs is 1. The number of nitrogens with two attached hydrogens (primary N) is 1. The minimum absolute atomic E-state index is 0. The summed E-state index contributed by atoms with van der Waals surface area (Å²) in [6, 6.07) is 5.94. The zero-order valence-electron chi connectivity index (χ0n) is 12.7. The number of carbonyl (C=O) groups excluding carboxylic acids is 1. The van der Waals surface area contributed by atoms with Gasteiger partial charge in [0.2, 0.25) is 5.91 Å². The van der Waals surface area contributed by atoms with Gasteiger partial charge in [0.1, 0.15) is 13.2 Å².